The normalized spacial score (nSPS) is 10.1. The first-order valence-electron chi connectivity index (χ1n) is 5.49. The Bertz CT molecular complexity index is 420. The van der Waals surface area contributed by atoms with E-state index in [1.807, 2.05) is 26.0 Å². The van der Waals surface area contributed by atoms with Crippen molar-refractivity contribution in [2.75, 3.05) is 31.2 Å². The number of nitrogens with two attached hydrogens (primary N) is 1. The van der Waals surface area contributed by atoms with Gasteiger partial charge < -0.3 is 16.0 Å². The van der Waals surface area contributed by atoms with Gasteiger partial charge in [0, 0.05) is 29.4 Å². The molecule has 0 unspecified atom stereocenters. The van der Waals surface area contributed by atoms with Gasteiger partial charge in [0.1, 0.15) is 0 Å². The quantitative estimate of drug-likeness (QED) is 0.838. The first-order valence-corrected chi connectivity index (χ1v) is 6.28. The molecule has 0 heterocycles. The number of nitrogens with zero attached hydrogens (tertiary/aromatic N) is 1. The van der Waals surface area contributed by atoms with Gasteiger partial charge in [0.25, 0.3) is 0 Å². The van der Waals surface area contributed by atoms with E-state index < -0.39 is 0 Å². The fraction of sp³-hybridized carbons (Fsp3) is 0.417. The summed E-state index contributed by atoms with van der Waals surface area (Å²) in [5.74, 6) is 0.0638. The Balaban J connectivity index is 2.70. The van der Waals surface area contributed by atoms with E-state index in [1.54, 1.807) is 11.9 Å². The molecule has 1 rings (SSSR count). The van der Waals surface area contributed by atoms with E-state index in [9.17, 15) is 4.79 Å². The second-order valence-electron chi connectivity index (χ2n) is 3.95. The maximum absolute atomic E-state index is 11.6. The molecule has 5 heteroatoms. The number of hydrogen-bond acceptors (Lipinski definition) is 3. The maximum Gasteiger partial charge on any atom is 0.241 e. The minimum Gasteiger partial charge on any atom is -0.398 e. The first kappa shape index (κ1) is 13.8. The molecular formula is C12H18BrN3O. The third-order valence-electron chi connectivity index (χ3n) is 2.69. The fourth-order valence-corrected chi connectivity index (χ4v) is 1.82. The Morgan fingerprint density at radius 2 is 2.18 bits per heavy atom. The molecule has 1 aromatic rings. The van der Waals surface area contributed by atoms with Crippen LogP contribution in [-0.2, 0) is 4.79 Å². The lowest BCUT2D eigenvalue weighted by Gasteiger charge is -2.16. The highest BCUT2D eigenvalue weighted by atomic mass is 79.9. The Morgan fingerprint density at radius 3 is 2.76 bits per heavy atom. The summed E-state index contributed by atoms with van der Waals surface area (Å²) in [5, 5.41) is 3.10. The zero-order chi connectivity index (χ0) is 13.0. The number of hydrogen-bond donors (Lipinski definition) is 2. The molecule has 4 nitrogen and oxygen atoms in total. The number of carbonyl (C=O) groups is 1. The van der Waals surface area contributed by atoms with Gasteiger partial charge in [-0.05, 0) is 47.5 Å². The van der Waals surface area contributed by atoms with Crippen LogP contribution in [0.3, 0.4) is 0 Å². The van der Waals surface area contributed by atoms with Crippen LogP contribution >= 0.6 is 15.9 Å². The molecule has 0 aromatic heterocycles. The van der Waals surface area contributed by atoms with Crippen LogP contribution in [0.25, 0.3) is 0 Å². The van der Waals surface area contributed by atoms with Gasteiger partial charge in [0.05, 0.1) is 6.54 Å². The van der Waals surface area contributed by atoms with Gasteiger partial charge in [-0.1, -0.05) is 0 Å². The summed E-state index contributed by atoms with van der Waals surface area (Å²) in [5.41, 5.74) is 8.39. The summed E-state index contributed by atoms with van der Waals surface area (Å²) in [6.45, 7) is 4.88. The van der Waals surface area contributed by atoms with Gasteiger partial charge in [-0.3, -0.25) is 4.79 Å². The molecular weight excluding hydrogens is 282 g/mol. The van der Waals surface area contributed by atoms with Gasteiger partial charge >= 0.3 is 0 Å². The van der Waals surface area contributed by atoms with Crippen molar-refractivity contribution in [1.29, 1.82) is 0 Å². The van der Waals surface area contributed by atoms with Crippen molar-refractivity contribution < 1.29 is 4.79 Å². The van der Waals surface area contributed by atoms with Gasteiger partial charge in [0.15, 0.2) is 0 Å². The SMILES string of the molecule is CCN(C)C(=O)CNc1cc(C)c(N)cc1Br. The van der Waals surface area contributed by atoms with Crippen LogP contribution in [0.2, 0.25) is 0 Å². The second-order valence-corrected chi connectivity index (χ2v) is 4.80. The zero-order valence-electron chi connectivity index (χ0n) is 10.4. The highest BCUT2D eigenvalue weighted by Crippen LogP contribution is 2.27. The third kappa shape index (κ3) is 3.63. The first-order chi connectivity index (χ1) is 7.95. The molecule has 17 heavy (non-hydrogen) atoms. The van der Waals surface area contributed by atoms with Crippen LogP contribution in [-0.4, -0.2) is 30.9 Å². The average Bonchev–Trinajstić information content (AvgIpc) is 2.30. The van der Waals surface area contributed by atoms with E-state index in [0.29, 0.717) is 6.54 Å². The van der Waals surface area contributed by atoms with Crippen molar-refractivity contribution in [3.63, 3.8) is 0 Å². The monoisotopic (exact) mass is 299 g/mol. The van der Waals surface area contributed by atoms with Crippen LogP contribution in [0.5, 0.6) is 0 Å². The Labute approximate surface area is 110 Å². The van der Waals surface area contributed by atoms with Crippen LogP contribution in [0.15, 0.2) is 16.6 Å². The molecule has 0 saturated carbocycles. The number of anilines is 2. The molecule has 0 fully saturated rings. The number of nitrogen functional groups attached to an aromatic ring is 1. The molecule has 0 saturated heterocycles. The number of amides is 1. The van der Waals surface area contributed by atoms with Crippen LogP contribution in [0.1, 0.15) is 12.5 Å². The van der Waals surface area contributed by atoms with Crippen molar-refractivity contribution in [2.24, 2.45) is 0 Å². The van der Waals surface area contributed by atoms with Crippen LogP contribution < -0.4 is 11.1 Å². The fourth-order valence-electron chi connectivity index (χ4n) is 1.31. The molecule has 94 valence electrons. The van der Waals surface area contributed by atoms with E-state index in [0.717, 1.165) is 21.4 Å². The Kier molecular flexibility index (Phi) is 4.81. The number of rotatable bonds is 4. The molecule has 0 atom stereocenters. The molecule has 0 radical (unpaired) electrons. The van der Waals surface area contributed by atoms with Crippen LogP contribution in [0.4, 0.5) is 11.4 Å². The predicted molar refractivity (Wildman–Crippen MR) is 75.1 cm³/mol. The van der Waals surface area contributed by atoms with Crippen molar-refractivity contribution in [1.82, 2.24) is 4.90 Å². The van der Waals surface area contributed by atoms with E-state index in [2.05, 4.69) is 21.2 Å². The van der Waals surface area contributed by atoms with Crippen molar-refractivity contribution in [2.45, 2.75) is 13.8 Å². The lowest BCUT2D eigenvalue weighted by molar-refractivity contribution is -0.127. The van der Waals surface area contributed by atoms with Gasteiger partial charge in [-0.15, -0.1) is 0 Å². The standard InChI is InChI=1S/C12H18BrN3O/c1-4-16(3)12(17)7-15-11-5-8(2)10(14)6-9(11)13/h5-6,15H,4,7,14H2,1-3H3. The van der Waals surface area contributed by atoms with E-state index in [1.165, 1.54) is 0 Å². The van der Waals surface area contributed by atoms with Crippen LogP contribution in [0, 0.1) is 6.92 Å². The molecule has 0 bridgehead atoms. The number of likely N-dealkylation sites (N-methyl/N-ethyl adjacent to an activating group) is 1. The largest absolute Gasteiger partial charge is 0.398 e. The summed E-state index contributed by atoms with van der Waals surface area (Å²) in [4.78, 5) is 13.3. The topological polar surface area (TPSA) is 58.4 Å². The van der Waals surface area contributed by atoms with Crippen molar-refractivity contribution in [3.05, 3.63) is 22.2 Å². The Morgan fingerprint density at radius 1 is 1.53 bits per heavy atom. The van der Waals surface area contributed by atoms with Crippen molar-refractivity contribution in [3.8, 4) is 0 Å². The lowest BCUT2D eigenvalue weighted by Crippen LogP contribution is -2.31. The van der Waals surface area contributed by atoms with Gasteiger partial charge in [0.2, 0.25) is 5.91 Å². The summed E-state index contributed by atoms with van der Waals surface area (Å²) in [7, 11) is 1.79. The second kappa shape index (κ2) is 5.91. The molecule has 0 spiro atoms. The van der Waals surface area contributed by atoms with Crippen molar-refractivity contribution >= 4 is 33.2 Å². The number of aryl methyl sites for hydroxylation is 1. The molecule has 1 aromatic carbocycles. The maximum atomic E-state index is 11.6. The highest BCUT2D eigenvalue weighted by molar-refractivity contribution is 9.10. The van der Waals surface area contributed by atoms with E-state index in [4.69, 9.17) is 5.73 Å². The molecule has 0 aliphatic rings. The summed E-state index contributed by atoms with van der Waals surface area (Å²) in [6, 6.07) is 3.77. The number of carbonyl (C=O) groups excluding carboxylic acids is 1. The smallest absolute Gasteiger partial charge is 0.241 e. The van der Waals surface area contributed by atoms with Gasteiger partial charge in [-0.2, -0.15) is 0 Å². The molecule has 3 N–H and O–H groups in total. The number of nitrogens with one attached hydrogen (secondary N) is 1. The lowest BCUT2D eigenvalue weighted by atomic mass is 10.2. The number of benzene rings is 1. The number of halogens is 1. The predicted octanol–water partition coefficient (Wildman–Crippen LogP) is 2.23. The minimum atomic E-state index is 0.0638. The van der Waals surface area contributed by atoms with Gasteiger partial charge in [-0.25, -0.2) is 0 Å². The average molecular weight is 300 g/mol. The summed E-state index contributed by atoms with van der Waals surface area (Å²) >= 11 is 3.42. The molecule has 0 aliphatic heterocycles. The highest BCUT2D eigenvalue weighted by Gasteiger charge is 2.08. The minimum absolute atomic E-state index is 0.0638. The zero-order valence-corrected chi connectivity index (χ0v) is 12.0. The third-order valence-corrected chi connectivity index (χ3v) is 3.34. The molecule has 1 amide bonds. The summed E-state index contributed by atoms with van der Waals surface area (Å²) < 4.78 is 0.868. The molecule has 0 aliphatic carbocycles. The van der Waals surface area contributed by atoms with E-state index in [-0.39, 0.29) is 12.5 Å². The summed E-state index contributed by atoms with van der Waals surface area (Å²) in [6.07, 6.45) is 0. The Hall–Kier alpha value is -1.23. The van der Waals surface area contributed by atoms with E-state index >= 15 is 0 Å².